The molecule has 0 atom stereocenters. The molecule has 0 aromatic heterocycles. The van der Waals surface area contributed by atoms with Gasteiger partial charge in [0.1, 0.15) is 11.5 Å². The first-order chi connectivity index (χ1) is 12.1. The second kappa shape index (κ2) is 7.44. The smallest absolute Gasteiger partial charge is 0.293 e. The van der Waals surface area contributed by atoms with E-state index in [1.165, 1.54) is 4.90 Å². The van der Waals surface area contributed by atoms with Crippen molar-refractivity contribution in [1.82, 2.24) is 4.90 Å². The largest absolute Gasteiger partial charge is 0.497 e. The van der Waals surface area contributed by atoms with E-state index in [0.717, 1.165) is 22.9 Å². The Balaban J connectivity index is 1.85. The summed E-state index contributed by atoms with van der Waals surface area (Å²) in [5, 5.41) is -0.269. The monoisotopic (exact) mass is 355 g/mol. The number of carbonyl (C=O) groups is 2. The number of thioether (sulfide) groups is 1. The molecule has 2 aromatic carbocycles. The molecule has 6 heteroatoms. The molecule has 0 saturated carbocycles. The summed E-state index contributed by atoms with van der Waals surface area (Å²) >= 11 is 0.940. The van der Waals surface area contributed by atoms with Crippen LogP contribution in [-0.4, -0.2) is 30.3 Å². The first-order valence-corrected chi connectivity index (χ1v) is 8.44. The van der Waals surface area contributed by atoms with Gasteiger partial charge in [0.2, 0.25) is 0 Å². The van der Waals surface area contributed by atoms with Crippen LogP contribution in [0, 0.1) is 0 Å². The van der Waals surface area contributed by atoms with Crippen molar-refractivity contribution >= 4 is 29.0 Å². The van der Waals surface area contributed by atoms with E-state index >= 15 is 0 Å². The highest BCUT2D eigenvalue weighted by molar-refractivity contribution is 8.18. The summed E-state index contributed by atoms with van der Waals surface area (Å²) in [5.41, 5.74) is 1.65. The highest BCUT2D eigenvalue weighted by Gasteiger charge is 2.34. The molecule has 0 N–H and O–H groups in total. The number of hydrogen-bond acceptors (Lipinski definition) is 5. The predicted molar refractivity (Wildman–Crippen MR) is 97.5 cm³/mol. The minimum absolute atomic E-state index is 0.268. The van der Waals surface area contributed by atoms with Crippen molar-refractivity contribution in [3.05, 3.63) is 64.6 Å². The Morgan fingerprint density at radius 3 is 2.24 bits per heavy atom. The zero-order valence-corrected chi connectivity index (χ0v) is 14.7. The van der Waals surface area contributed by atoms with Gasteiger partial charge in [0.25, 0.3) is 11.1 Å². The lowest BCUT2D eigenvalue weighted by molar-refractivity contribution is -0.123. The average molecular weight is 355 g/mol. The quantitative estimate of drug-likeness (QED) is 0.761. The fourth-order valence-corrected chi connectivity index (χ4v) is 3.30. The van der Waals surface area contributed by atoms with Crippen LogP contribution in [0.5, 0.6) is 11.5 Å². The van der Waals surface area contributed by atoms with Gasteiger partial charge >= 0.3 is 0 Å². The summed E-state index contributed by atoms with van der Waals surface area (Å²) < 4.78 is 10.5. The summed E-state index contributed by atoms with van der Waals surface area (Å²) in [5.74, 6) is 0.948. The fraction of sp³-hybridized carbons (Fsp3) is 0.158. The maximum absolute atomic E-state index is 12.6. The number of nitrogens with zero attached hydrogens (tertiary/aromatic N) is 1. The highest BCUT2D eigenvalue weighted by Crippen LogP contribution is 2.34. The van der Waals surface area contributed by atoms with Gasteiger partial charge in [-0.05, 0) is 41.1 Å². The Hall–Kier alpha value is -2.73. The molecule has 2 amide bonds. The molecule has 1 heterocycles. The Morgan fingerprint density at radius 1 is 1.00 bits per heavy atom. The van der Waals surface area contributed by atoms with Crippen molar-refractivity contribution in [3.8, 4) is 11.5 Å². The number of imide groups is 1. The molecule has 3 rings (SSSR count). The van der Waals surface area contributed by atoms with Crippen molar-refractivity contribution in [1.29, 1.82) is 0 Å². The third-order valence-electron chi connectivity index (χ3n) is 3.73. The van der Waals surface area contributed by atoms with Crippen LogP contribution < -0.4 is 9.47 Å². The van der Waals surface area contributed by atoms with Crippen LogP contribution in [0.4, 0.5) is 4.79 Å². The molecule has 2 aromatic rings. The van der Waals surface area contributed by atoms with E-state index in [4.69, 9.17) is 9.47 Å². The standard InChI is InChI=1S/C19H17NO4S/c1-23-15-8-14(9-16(11-15)24-2)10-17-18(21)20(19(22)25-17)12-13-6-4-3-5-7-13/h3-11H,12H2,1-2H3/b17-10+. The summed E-state index contributed by atoms with van der Waals surface area (Å²) in [6.45, 7) is 0.268. The van der Waals surface area contributed by atoms with E-state index in [9.17, 15) is 9.59 Å². The van der Waals surface area contributed by atoms with Crippen molar-refractivity contribution in [2.75, 3.05) is 14.2 Å². The van der Waals surface area contributed by atoms with Gasteiger partial charge in [0.05, 0.1) is 25.7 Å². The van der Waals surface area contributed by atoms with Crippen LogP contribution in [0.15, 0.2) is 53.4 Å². The van der Waals surface area contributed by atoms with Crippen LogP contribution in [0.2, 0.25) is 0 Å². The summed E-state index contributed by atoms with van der Waals surface area (Å²) in [4.78, 5) is 26.4. The lowest BCUT2D eigenvalue weighted by Gasteiger charge is -2.12. The van der Waals surface area contributed by atoms with Gasteiger partial charge in [-0.3, -0.25) is 14.5 Å². The maximum Gasteiger partial charge on any atom is 0.293 e. The summed E-state index contributed by atoms with van der Waals surface area (Å²) in [7, 11) is 3.12. The molecule has 0 radical (unpaired) electrons. The number of benzene rings is 2. The Labute approximate surface area is 150 Å². The third-order valence-corrected chi connectivity index (χ3v) is 4.64. The van der Waals surface area contributed by atoms with E-state index in [0.29, 0.717) is 16.4 Å². The van der Waals surface area contributed by atoms with Gasteiger partial charge in [-0.1, -0.05) is 30.3 Å². The average Bonchev–Trinajstić information content (AvgIpc) is 2.89. The Kier molecular flexibility index (Phi) is 5.09. The van der Waals surface area contributed by atoms with Crippen LogP contribution >= 0.6 is 11.8 Å². The van der Waals surface area contributed by atoms with Crippen LogP contribution in [0.1, 0.15) is 11.1 Å². The molecule has 1 saturated heterocycles. The predicted octanol–water partition coefficient (Wildman–Crippen LogP) is 3.94. The molecule has 128 valence electrons. The van der Waals surface area contributed by atoms with Crippen molar-refractivity contribution in [2.24, 2.45) is 0 Å². The minimum Gasteiger partial charge on any atom is -0.497 e. The number of rotatable bonds is 5. The molecule has 25 heavy (non-hydrogen) atoms. The molecule has 0 bridgehead atoms. The van der Waals surface area contributed by atoms with Gasteiger partial charge in [-0.15, -0.1) is 0 Å². The van der Waals surface area contributed by atoms with E-state index in [1.54, 1.807) is 38.5 Å². The third kappa shape index (κ3) is 3.85. The van der Waals surface area contributed by atoms with Crippen LogP contribution in [0.3, 0.4) is 0 Å². The van der Waals surface area contributed by atoms with Crippen molar-refractivity contribution < 1.29 is 19.1 Å². The molecule has 0 aliphatic carbocycles. The topological polar surface area (TPSA) is 55.8 Å². The second-order valence-electron chi connectivity index (χ2n) is 5.40. The molecular formula is C19H17NO4S. The summed E-state index contributed by atoms with van der Waals surface area (Å²) in [6.07, 6.45) is 1.68. The zero-order chi connectivity index (χ0) is 17.8. The summed E-state index contributed by atoms with van der Waals surface area (Å²) in [6, 6.07) is 14.8. The van der Waals surface area contributed by atoms with Gasteiger partial charge in [0, 0.05) is 6.07 Å². The maximum atomic E-state index is 12.6. The lowest BCUT2D eigenvalue weighted by Crippen LogP contribution is -2.27. The second-order valence-corrected chi connectivity index (χ2v) is 6.39. The van der Waals surface area contributed by atoms with Gasteiger partial charge in [-0.2, -0.15) is 0 Å². The molecule has 1 aliphatic rings. The molecular weight excluding hydrogens is 338 g/mol. The molecule has 5 nitrogen and oxygen atoms in total. The van der Waals surface area contributed by atoms with E-state index in [-0.39, 0.29) is 17.7 Å². The highest BCUT2D eigenvalue weighted by atomic mass is 32.2. The first kappa shape index (κ1) is 17.1. The molecule has 1 aliphatic heterocycles. The van der Waals surface area contributed by atoms with Gasteiger partial charge in [0.15, 0.2) is 0 Å². The number of carbonyl (C=O) groups excluding carboxylic acids is 2. The first-order valence-electron chi connectivity index (χ1n) is 7.63. The SMILES string of the molecule is COc1cc(/C=C2/SC(=O)N(Cc3ccccc3)C2=O)cc(OC)c1. The normalized spacial score (nSPS) is 15.8. The van der Waals surface area contributed by atoms with Crippen molar-refractivity contribution in [3.63, 3.8) is 0 Å². The molecule has 0 unspecified atom stereocenters. The van der Waals surface area contributed by atoms with Crippen LogP contribution in [-0.2, 0) is 11.3 Å². The lowest BCUT2D eigenvalue weighted by atomic mass is 10.1. The Morgan fingerprint density at radius 2 is 1.64 bits per heavy atom. The van der Waals surface area contributed by atoms with Gasteiger partial charge < -0.3 is 9.47 Å². The Bertz CT molecular complexity index is 810. The van der Waals surface area contributed by atoms with E-state index < -0.39 is 0 Å². The van der Waals surface area contributed by atoms with Crippen LogP contribution in [0.25, 0.3) is 6.08 Å². The number of hydrogen-bond donors (Lipinski definition) is 0. The number of methoxy groups -OCH3 is 2. The van der Waals surface area contributed by atoms with E-state index in [2.05, 4.69) is 0 Å². The minimum atomic E-state index is -0.291. The van der Waals surface area contributed by atoms with Crippen molar-refractivity contribution in [2.45, 2.75) is 6.54 Å². The molecule has 0 spiro atoms. The van der Waals surface area contributed by atoms with E-state index in [1.807, 2.05) is 30.3 Å². The zero-order valence-electron chi connectivity index (χ0n) is 13.9. The number of amides is 2. The fourth-order valence-electron chi connectivity index (χ4n) is 2.47. The molecule has 1 fully saturated rings. The number of ether oxygens (including phenoxy) is 2. The van der Waals surface area contributed by atoms with Gasteiger partial charge in [-0.25, -0.2) is 0 Å².